The highest BCUT2D eigenvalue weighted by Gasteiger charge is 2.14. The fourth-order valence-electron chi connectivity index (χ4n) is 1.18. The highest BCUT2D eigenvalue weighted by Crippen LogP contribution is 2.31. The molecule has 1 aromatic carbocycles. The Hall–Kier alpha value is -1.56. The number of ether oxygens (including phenoxy) is 1. The van der Waals surface area contributed by atoms with Crippen LogP contribution in [0.15, 0.2) is 16.6 Å². The van der Waals surface area contributed by atoms with E-state index in [2.05, 4.69) is 15.9 Å². The van der Waals surface area contributed by atoms with Crippen LogP contribution in [0, 0.1) is 0 Å². The number of nitrogens with two attached hydrogens (primary N) is 2. The van der Waals surface area contributed by atoms with Gasteiger partial charge in [-0.15, -0.1) is 0 Å². The van der Waals surface area contributed by atoms with E-state index in [0.29, 0.717) is 10.0 Å². The second-order valence-corrected chi connectivity index (χ2v) is 4.10. The van der Waals surface area contributed by atoms with E-state index >= 15 is 0 Å². The third-order valence-electron chi connectivity index (χ3n) is 1.82. The quantitative estimate of drug-likeness (QED) is 0.640. The van der Waals surface area contributed by atoms with Gasteiger partial charge in [-0.25, -0.2) is 0 Å². The molecule has 0 heterocycles. The van der Waals surface area contributed by atoms with Crippen LogP contribution in [0.1, 0.15) is 17.3 Å². The standard InChI is InChI=1S/C10H11BrN2O3/c1-5(14)7-2-6(11)3-8(12)10(7)16-4-9(13)15/h2-3H,4,12H2,1H3,(H2,13,15). The summed E-state index contributed by atoms with van der Waals surface area (Å²) in [5.41, 5.74) is 11.2. The number of benzene rings is 1. The van der Waals surface area contributed by atoms with Gasteiger partial charge in [0, 0.05) is 4.47 Å². The minimum Gasteiger partial charge on any atom is -0.481 e. The first-order chi connectivity index (χ1) is 7.41. The monoisotopic (exact) mass is 286 g/mol. The largest absolute Gasteiger partial charge is 0.481 e. The van der Waals surface area contributed by atoms with Gasteiger partial charge in [-0.3, -0.25) is 9.59 Å². The zero-order valence-electron chi connectivity index (χ0n) is 8.62. The van der Waals surface area contributed by atoms with Gasteiger partial charge in [0.15, 0.2) is 18.1 Å². The summed E-state index contributed by atoms with van der Waals surface area (Å²) in [6.45, 7) is 1.07. The second kappa shape index (κ2) is 4.98. The first-order valence-electron chi connectivity index (χ1n) is 4.43. The molecule has 0 spiro atoms. The van der Waals surface area contributed by atoms with E-state index in [0.717, 1.165) is 0 Å². The van der Waals surface area contributed by atoms with Gasteiger partial charge in [-0.2, -0.15) is 0 Å². The first-order valence-corrected chi connectivity index (χ1v) is 5.22. The van der Waals surface area contributed by atoms with Crippen LogP contribution in [0.5, 0.6) is 5.75 Å². The van der Waals surface area contributed by atoms with Crippen LogP contribution in [0.2, 0.25) is 0 Å². The van der Waals surface area contributed by atoms with E-state index < -0.39 is 5.91 Å². The van der Waals surface area contributed by atoms with Gasteiger partial charge in [-0.05, 0) is 19.1 Å². The summed E-state index contributed by atoms with van der Waals surface area (Å²) in [5.74, 6) is -0.640. The van der Waals surface area contributed by atoms with Gasteiger partial charge >= 0.3 is 0 Å². The Morgan fingerprint density at radius 3 is 2.56 bits per heavy atom. The molecule has 0 saturated carbocycles. The lowest BCUT2D eigenvalue weighted by atomic mass is 10.1. The third kappa shape index (κ3) is 2.96. The van der Waals surface area contributed by atoms with E-state index in [1.807, 2.05) is 0 Å². The Balaban J connectivity index is 3.14. The highest BCUT2D eigenvalue weighted by atomic mass is 79.9. The molecule has 1 rings (SSSR count). The van der Waals surface area contributed by atoms with Crippen molar-refractivity contribution < 1.29 is 14.3 Å². The predicted octanol–water partition coefficient (Wildman–Crippen LogP) is 1.10. The molecule has 5 nitrogen and oxygen atoms in total. The van der Waals surface area contributed by atoms with Crippen LogP contribution in [-0.4, -0.2) is 18.3 Å². The number of anilines is 1. The van der Waals surface area contributed by atoms with E-state index in [1.54, 1.807) is 12.1 Å². The molecule has 0 aliphatic heterocycles. The highest BCUT2D eigenvalue weighted by molar-refractivity contribution is 9.10. The smallest absolute Gasteiger partial charge is 0.255 e. The van der Waals surface area contributed by atoms with Gasteiger partial charge < -0.3 is 16.2 Å². The van der Waals surface area contributed by atoms with Crippen molar-refractivity contribution in [2.45, 2.75) is 6.92 Å². The normalized spacial score (nSPS) is 9.88. The zero-order valence-corrected chi connectivity index (χ0v) is 10.2. The van der Waals surface area contributed by atoms with Crippen molar-refractivity contribution in [2.24, 2.45) is 5.73 Å². The van der Waals surface area contributed by atoms with Gasteiger partial charge in [0.2, 0.25) is 0 Å². The number of primary amides is 1. The fourth-order valence-corrected chi connectivity index (χ4v) is 1.66. The van der Waals surface area contributed by atoms with Gasteiger partial charge in [0.25, 0.3) is 5.91 Å². The summed E-state index contributed by atoms with van der Waals surface area (Å²) in [6.07, 6.45) is 0. The number of carbonyl (C=O) groups is 2. The molecule has 0 aromatic heterocycles. The molecule has 4 N–H and O–H groups in total. The number of nitrogen functional groups attached to an aromatic ring is 1. The van der Waals surface area contributed by atoms with Crippen molar-refractivity contribution in [2.75, 3.05) is 12.3 Å². The summed E-state index contributed by atoms with van der Waals surface area (Å²) in [7, 11) is 0. The lowest BCUT2D eigenvalue weighted by molar-refractivity contribution is -0.119. The zero-order chi connectivity index (χ0) is 12.3. The first kappa shape index (κ1) is 12.5. The van der Waals surface area contributed by atoms with E-state index in [4.69, 9.17) is 16.2 Å². The number of Topliss-reactive ketones (excluding diaryl/α,β-unsaturated/α-hetero) is 1. The van der Waals surface area contributed by atoms with E-state index in [-0.39, 0.29) is 23.8 Å². The van der Waals surface area contributed by atoms with Crippen LogP contribution in [0.25, 0.3) is 0 Å². The van der Waals surface area contributed by atoms with Crippen molar-refractivity contribution in [3.8, 4) is 5.75 Å². The van der Waals surface area contributed by atoms with Crippen LogP contribution in [0.4, 0.5) is 5.69 Å². The van der Waals surface area contributed by atoms with Gasteiger partial charge in [-0.1, -0.05) is 15.9 Å². The van der Waals surface area contributed by atoms with Crippen molar-refractivity contribution in [3.05, 3.63) is 22.2 Å². The maximum Gasteiger partial charge on any atom is 0.255 e. The molecule has 0 radical (unpaired) electrons. The third-order valence-corrected chi connectivity index (χ3v) is 2.28. The van der Waals surface area contributed by atoms with Crippen molar-refractivity contribution in [1.29, 1.82) is 0 Å². The number of carbonyl (C=O) groups excluding carboxylic acids is 2. The summed E-state index contributed by atoms with van der Waals surface area (Å²) >= 11 is 3.22. The molecule has 0 atom stereocenters. The number of halogens is 1. The van der Waals surface area contributed by atoms with Crippen LogP contribution in [-0.2, 0) is 4.79 Å². The molecule has 1 aromatic rings. The Kier molecular flexibility index (Phi) is 3.89. The molecule has 0 aliphatic carbocycles. The van der Waals surface area contributed by atoms with Crippen molar-refractivity contribution >= 4 is 33.3 Å². The number of amides is 1. The molecule has 86 valence electrons. The minimum atomic E-state index is -0.628. The molecule has 1 amide bonds. The molecule has 0 bridgehead atoms. The number of hydrogen-bond donors (Lipinski definition) is 2. The Morgan fingerprint density at radius 1 is 1.44 bits per heavy atom. The number of rotatable bonds is 4. The number of ketones is 1. The molecule has 0 fully saturated rings. The average Bonchev–Trinajstić information content (AvgIpc) is 2.14. The summed E-state index contributed by atoms with van der Waals surface area (Å²) < 4.78 is 5.77. The van der Waals surface area contributed by atoms with Crippen molar-refractivity contribution in [3.63, 3.8) is 0 Å². The van der Waals surface area contributed by atoms with E-state index in [9.17, 15) is 9.59 Å². The molecular formula is C10H11BrN2O3. The SMILES string of the molecule is CC(=O)c1cc(Br)cc(N)c1OCC(N)=O. The summed E-state index contributed by atoms with van der Waals surface area (Å²) in [5, 5.41) is 0. The molecule has 0 aliphatic rings. The maximum absolute atomic E-state index is 11.3. The Morgan fingerprint density at radius 2 is 2.06 bits per heavy atom. The molecule has 0 unspecified atom stereocenters. The average molecular weight is 287 g/mol. The summed E-state index contributed by atoms with van der Waals surface area (Å²) in [6, 6.07) is 3.16. The van der Waals surface area contributed by atoms with Crippen LogP contribution in [0.3, 0.4) is 0 Å². The Bertz CT molecular complexity index is 446. The lowest BCUT2D eigenvalue weighted by Gasteiger charge is -2.11. The molecular weight excluding hydrogens is 276 g/mol. The van der Waals surface area contributed by atoms with Gasteiger partial charge in [0.05, 0.1) is 11.3 Å². The lowest BCUT2D eigenvalue weighted by Crippen LogP contribution is -2.21. The van der Waals surface area contributed by atoms with Crippen LogP contribution >= 0.6 is 15.9 Å². The topological polar surface area (TPSA) is 95.4 Å². The van der Waals surface area contributed by atoms with Crippen molar-refractivity contribution in [1.82, 2.24) is 0 Å². The van der Waals surface area contributed by atoms with Crippen LogP contribution < -0.4 is 16.2 Å². The Labute approximate surface area is 101 Å². The van der Waals surface area contributed by atoms with E-state index in [1.165, 1.54) is 6.92 Å². The second-order valence-electron chi connectivity index (χ2n) is 3.18. The maximum atomic E-state index is 11.3. The molecule has 16 heavy (non-hydrogen) atoms. The molecule has 6 heteroatoms. The fraction of sp³-hybridized carbons (Fsp3) is 0.200. The molecule has 0 saturated heterocycles. The van der Waals surface area contributed by atoms with Gasteiger partial charge in [0.1, 0.15) is 0 Å². The summed E-state index contributed by atoms with van der Waals surface area (Å²) in [4.78, 5) is 21.9. The minimum absolute atomic E-state index is 0.189. The number of hydrogen-bond acceptors (Lipinski definition) is 4. The predicted molar refractivity (Wildman–Crippen MR) is 63.2 cm³/mol.